The second kappa shape index (κ2) is 7.60. The van der Waals surface area contributed by atoms with Crippen LogP contribution in [0.25, 0.3) is 11.2 Å². The molecule has 25 heavy (non-hydrogen) atoms. The molecule has 10 nitrogen and oxygen atoms in total. The average Bonchev–Trinajstić information content (AvgIpc) is 3.18. The number of hydrogen-bond donors (Lipinski definition) is 4. The number of anilines is 1. The fraction of sp³-hybridized carbons (Fsp3) is 0.600. The Balaban J connectivity index is 1.79. The van der Waals surface area contributed by atoms with E-state index in [1.807, 2.05) is 0 Å². The van der Waals surface area contributed by atoms with Crippen molar-refractivity contribution in [2.45, 2.75) is 44.1 Å². The topological polar surface area (TPSA) is 149 Å². The molecule has 0 radical (unpaired) electrons. The molecule has 3 heterocycles. The Kier molecular flexibility index (Phi) is 5.28. The normalized spacial score (nSPS) is 23.0. The molecule has 3 atom stereocenters. The highest BCUT2D eigenvalue weighted by atomic mass is 16.5. The minimum Gasteiger partial charge on any atom is -0.394 e. The van der Waals surface area contributed by atoms with E-state index in [-0.39, 0.29) is 24.1 Å². The predicted octanol–water partition coefficient (Wildman–Crippen LogP) is -0.134. The number of unbranched alkanes of at least 4 members (excludes halogenated alkanes) is 2. The Labute approximate surface area is 143 Å². The van der Waals surface area contributed by atoms with Gasteiger partial charge in [0.1, 0.15) is 12.3 Å². The van der Waals surface area contributed by atoms with Crippen LogP contribution in [-0.4, -0.2) is 55.1 Å². The maximum absolute atomic E-state index is 12.2. The first-order chi connectivity index (χ1) is 12.1. The highest BCUT2D eigenvalue weighted by Crippen LogP contribution is 2.30. The number of rotatable bonds is 7. The number of nitrogens with one attached hydrogen (secondary N) is 2. The Morgan fingerprint density at radius 3 is 3.08 bits per heavy atom. The molecule has 0 saturated carbocycles. The lowest BCUT2D eigenvalue weighted by Crippen LogP contribution is -2.24. The largest absolute Gasteiger partial charge is 0.394 e. The third kappa shape index (κ3) is 3.63. The number of aliphatic hydroxyl groups is 2. The first-order valence-electron chi connectivity index (χ1n) is 8.16. The molecule has 1 aliphatic rings. The predicted molar refractivity (Wildman–Crippen MR) is 87.7 cm³/mol. The summed E-state index contributed by atoms with van der Waals surface area (Å²) in [5.41, 5.74) is 0.153. The molecule has 0 aliphatic carbocycles. The molecule has 2 aromatic heterocycles. The number of nitrogens with zero attached hydrogens (tertiary/aromatic N) is 4. The van der Waals surface area contributed by atoms with E-state index in [1.54, 1.807) is 4.57 Å². The van der Waals surface area contributed by atoms with Crippen LogP contribution in [0.2, 0.25) is 0 Å². The van der Waals surface area contributed by atoms with Crippen molar-refractivity contribution in [1.29, 1.82) is 5.26 Å². The number of hydrogen-bond acceptors (Lipinski definition) is 8. The zero-order valence-corrected chi connectivity index (χ0v) is 13.6. The molecule has 0 spiro atoms. The maximum Gasteiger partial charge on any atom is 0.280 e. The van der Waals surface area contributed by atoms with E-state index in [0.717, 1.165) is 12.8 Å². The van der Waals surface area contributed by atoms with E-state index >= 15 is 0 Å². The molecule has 1 saturated heterocycles. The highest BCUT2D eigenvalue weighted by Gasteiger charge is 2.35. The third-order valence-electron chi connectivity index (χ3n) is 4.13. The molecule has 10 heteroatoms. The van der Waals surface area contributed by atoms with E-state index in [2.05, 4.69) is 26.3 Å². The van der Waals surface area contributed by atoms with Crippen LogP contribution < -0.4 is 10.9 Å². The van der Waals surface area contributed by atoms with Gasteiger partial charge in [0.2, 0.25) is 5.95 Å². The fourth-order valence-corrected chi connectivity index (χ4v) is 2.81. The van der Waals surface area contributed by atoms with E-state index in [4.69, 9.17) is 10.00 Å². The molecule has 1 aliphatic heterocycles. The summed E-state index contributed by atoms with van der Waals surface area (Å²) in [5.74, 6) is 0.313. The quantitative estimate of drug-likeness (QED) is 0.505. The summed E-state index contributed by atoms with van der Waals surface area (Å²) >= 11 is 0. The number of aliphatic hydroxyl groups excluding tert-OH is 2. The summed E-state index contributed by atoms with van der Waals surface area (Å²) in [5, 5.41) is 30.6. The van der Waals surface area contributed by atoms with E-state index in [1.165, 1.54) is 6.33 Å². The van der Waals surface area contributed by atoms with Crippen LogP contribution in [0.15, 0.2) is 11.1 Å². The van der Waals surface area contributed by atoms with E-state index < -0.39 is 18.4 Å². The van der Waals surface area contributed by atoms with Gasteiger partial charge in [-0.05, 0) is 12.8 Å². The van der Waals surface area contributed by atoms with Gasteiger partial charge >= 0.3 is 0 Å². The summed E-state index contributed by atoms with van der Waals surface area (Å²) < 4.78 is 7.19. The van der Waals surface area contributed by atoms with Crippen molar-refractivity contribution in [2.24, 2.45) is 0 Å². The Hall–Kier alpha value is -2.48. The standard InChI is InChI=1S/C15H20N6O4/c16-4-2-1-3-5-17-15-19-13-12(14(24)20-15)18-8-21(13)11-6-9(23)10(7-22)25-11/h8-11,22-23H,1-3,5-7H2,(H2,17,19,20,24)/t9-,10+,11+/m0/s1. The van der Waals surface area contributed by atoms with Crippen molar-refractivity contribution in [1.82, 2.24) is 19.5 Å². The summed E-state index contributed by atoms with van der Waals surface area (Å²) in [6.45, 7) is 0.295. The van der Waals surface area contributed by atoms with Crippen LogP contribution in [0.4, 0.5) is 5.95 Å². The summed E-state index contributed by atoms with van der Waals surface area (Å²) in [6.07, 6.45) is 1.77. The third-order valence-corrected chi connectivity index (χ3v) is 4.13. The molecule has 0 bridgehead atoms. The molecule has 0 amide bonds. The van der Waals surface area contributed by atoms with Gasteiger partial charge in [0, 0.05) is 19.4 Å². The molecule has 3 rings (SSSR count). The lowest BCUT2D eigenvalue weighted by atomic mass is 10.2. The Bertz CT molecular complexity index is 826. The Morgan fingerprint density at radius 2 is 2.36 bits per heavy atom. The van der Waals surface area contributed by atoms with Crippen LogP contribution in [0.5, 0.6) is 0 Å². The van der Waals surface area contributed by atoms with Gasteiger partial charge in [-0.15, -0.1) is 0 Å². The number of fused-ring (bicyclic) bond motifs is 1. The molecule has 1 fully saturated rings. The van der Waals surface area contributed by atoms with Gasteiger partial charge in [-0.1, -0.05) is 0 Å². The van der Waals surface area contributed by atoms with Gasteiger partial charge in [-0.3, -0.25) is 14.3 Å². The van der Waals surface area contributed by atoms with Crippen LogP contribution in [0.1, 0.15) is 31.9 Å². The van der Waals surface area contributed by atoms with Gasteiger partial charge in [-0.2, -0.15) is 10.2 Å². The van der Waals surface area contributed by atoms with E-state index in [0.29, 0.717) is 24.6 Å². The van der Waals surface area contributed by atoms with Crippen molar-refractivity contribution in [2.75, 3.05) is 18.5 Å². The minimum atomic E-state index is -0.785. The van der Waals surface area contributed by atoms with Crippen molar-refractivity contribution in [3.63, 3.8) is 0 Å². The molecule has 2 aromatic rings. The fourth-order valence-electron chi connectivity index (χ4n) is 2.81. The summed E-state index contributed by atoms with van der Waals surface area (Å²) in [4.78, 5) is 23.2. The van der Waals surface area contributed by atoms with Gasteiger partial charge in [-0.25, -0.2) is 4.98 Å². The maximum atomic E-state index is 12.2. The number of nitriles is 1. The zero-order valence-electron chi connectivity index (χ0n) is 13.6. The monoisotopic (exact) mass is 348 g/mol. The van der Waals surface area contributed by atoms with Gasteiger partial charge in [0.05, 0.1) is 25.1 Å². The van der Waals surface area contributed by atoms with Crippen LogP contribution >= 0.6 is 0 Å². The first-order valence-corrected chi connectivity index (χ1v) is 8.16. The SMILES string of the molecule is N#CCCCCNc1nc2c(ncn2[C@H]2C[C@H](O)[C@@H](CO)O2)c(=O)[nH]1. The zero-order chi connectivity index (χ0) is 17.8. The van der Waals surface area contributed by atoms with Gasteiger partial charge < -0.3 is 20.3 Å². The van der Waals surface area contributed by atoms with Crippen molar-refractivity contribution < 1.29 is 14.9 Å². The molecular weight excluding hydrogens is 328 g/mol. The minimum absolute atomic E-state index is 0.181. The number of imidazole rings is 1. The molecule has 134 valence electrons. The van der Waals surface area contributed by atoms with E-state index in [9.17, 15) is 15.0 Å². The second-order valence-corrected chi connectivity index (χ2v) is 5.90. The first kappa shape index (κ1) is 17.3. The number of H-pyrrole nitrogens is 1. The molecular formula is C15H20N6O4. The van der Waals surface area contributed by atoms with Crippen LogP contribution in [0.3, 0.4) is 0 Å². The Morgan fingerprint density at radius 1 is 1.52 bits per heavy atom. The molecule has 0 unspecified atom stereocenters. The average molecular weight is 348 g/mol. The van der Waals surface area contributed by atoms with Crippen LogP contribution in [-0.2, 0) is 4.74 Å². The smallest absolute Gasteiger partial charge is 0.280 e. The lowest BCUT2D eigenvalue weighted by molar-refractivity contribution is -0.0432. The number of ether oxygens (including phenoxy) is 1. The summed E-state index contributed by atoms with van der Waals surface area (Å²) in [6, 6.07) is 2.08. The van der Waals surface area contributed by atoms with Crippen molar-refractivity contribution >= 4 is 17.1 Å². The van der Waals surface area contributed by atoms with Gasteiger partial charge in [0.25, 0.3) is 5.56 Å². The van der Waals surface area contributed by atoms with Crippen molar-refractivity contribution in [3.05, 3.63) is 16.7 Å². The molecule has 0 aromatic carbocycles. The number of aromatic amines is 1. The number of aromatic nitrogens is 4. The van der Waals surface area contributed by atoms with Gasteiger partial charge in [0.15, 0.2) is 11.2 Å². The molecule has 4 N–H and O–H groups in total. The lowest BCUT2D eigenvalue weighted by Gasteiger charge is -2.14. The summed E-state index contributed by atoms with van der Waals surface area (Å²) in [7, 11) is 0. The second-order valence-electron chi connectivity index (χ2n) is 5.90. The van der Waals surface area contributed by atoms with Crippen LogP contribution in [0, 0.1) is 11.3 Å². The highest BCUT2D eigenvalue weighted by molar-refractivity contribution is 5.70. The van der Waals surface area contributed by atoms with Crippen molar-refractivity contribution in [3.8, 4) is 6.07 Å².